The van der Waals surface area contributed by atoms with Crippen molar-refractivity contribution >= 4 is 27.9 Å². The molecule has 2 aliphatic heterocycles. The Morgan fingerprint density at radius 3 is 2.54 bits per heavy atom. The average Bonchev–Trinajstić information content (AvgIpc) is 3.18. The molecule has 0 radical (unpaired) electrons. The Kier molecular flexibility index (Phi) is 6.57. The van der Waals surface area contributed by atoms with Gasteiger partial charge in [0, 0.05) is 22.5 Å². The van der Waals surface area contributed by atoms with Gasteiger partial charge in [0.25, 0.3) is 0 Å². The second-order valence-electron chi connectivity index (χ2n) is 6.92. The van der Waals surface area contributed by atoms with E-state index in [0.717, 1.165) is 22.9 Å². The van der Waals surface area contributed by atoms with E-state index in [4.69, 9.17) is 14.2 Å². The Bertz CT molecular complexity index is 839. The Balaban J connectivity index is 1.98. The van der Waals surface area contributed by atoms with Crippen LogP contribution in [0, 0.1) is 0 Å². The third kappa shape index (κ3) is 4.31. The zero-order valence-electron chi connectivity index (χ0n) is 16.2. The highest BCUT2D eigenvalue weighted by molar-refractivity contribution is 9.10. The van der Waals surface area contributed by atoms with E-state index in [1.165, 1.54) is 7.11 Å². The van der Waals surface area contributed by atoms with Gasteiger partial charge in [-0.15, -0.1) is 0 Å². The van der Waals surface area contributed by atoms with Crippen LogP contribution in [0.5, 0.6) is 0 Å². The number of dihydropyridines is 1. The third-order valence-corrected chi connectivity index (χ3v) is 5.49. The quantitative estimate of drug-likeness (QED) is 0.692. The number of halogens is 1. The molecule has 1 saturated heterocycles. The molecule has 2 heterocycles. The van der Waals surface area contributed by atoms with Gasteiger partial charge in [-0.25, -0.2) is 9.59 Å². The van der Waals surface area contributed by atoms with Crippen molar-refractivity contribution in [2.24, 2.45) is 0 Å². The van der Waals surface area contributed by atoms with Gasteiger partial charge in [-0.3, -0.25) is 0 Å². The van der Waals surface area contributed by atoms with E-state index < -0.39 is 17.9 Å². The van der Waals surface area contributed by atoms with Crippen molar-refractivity contribution in [3.63, 3.8) is 0 Å². The summed E-state index contributed by atoms with van der Waals surface area (Å²) in [6.45, 7) is 4.51. The lowest BCUT2D eigenvalue weighted by Crippen LogP contribution is -2.33. The first-order valence-electron chi connectivity index (χ1n) is 9.23. The molecule has 1 N–H and O–H groups in total. The van der Waals surface area contributed by atoms with E-state index in [9.17, 15) is 9.59 Å². The molecule has 1 aromatic carbocycles. The Labute approximate surface area is 173 Å². The summed E-state index contributed by atoms with van der Waals surface area (Å²) in [4.78, 5) is 25.6. The van der Waals surface area contributed by atoms with Crippen LogP contribution in [0.2, 0.25) is 0 Å². The van der Waals surface area contributed by atoms with Crippen LogP contribution in [0.25, 0.3) is 0 Å². The van der Waals surface area contributed by atoms with Crippen molar-refractivity contribution in [1.29, 1.82) is 0 Å². The van der Waals surface area contributed by atoms with Crippen molar-refractivity contribution in [2.75, 3.05) is 20.3 Å². The fourth-order valence-electron chi connectivity index (χ4n) is 3.69. The average molecular weight is 450 g/mol. The molecule has 0 amide bonds. The summed E-state index contributed by atoms with van der Waals surface area (Å²) < 4.78 is 17.0. The molecule has 28 heavy (non-hydrogen) atoms. The molecule has 0 unspecified atom stereocenters. The topological polar surface area (TPSA) is 73.9 Å². The lowest BCUT2D eigenvalue weighted by Gasteiger charge is -2.30. The number of ether oxygens (including phenoxy) is 3. The van der Waals surface area contributed by atoms with Crippen LogP contribution in [0.4, 0.5) is 0 Å². The number of carbonyl (C=O) groups is 2. The molecular weight excluding hydrogens is 426 g/mol. The van der Waals surface area contributed by atoms with E-state index >= 15 is 0 Å². The summed E-state index contributed by atoms with van der Waals surface area (Å²) in [6, 6.07) is 7.55. The number of methoxy groups -OCH3 is 1. The van der Waals surface area contributed by atoms with Gasteiger partial charge >= 0.3 is 11.9 Å². The van der Waals surface area contributed by atoms with Crippen molar-refractivity contribution in [2.45, 2.75) is 38.7 Å². The first kappa shape index (κ1) is 20.6. The number of esters is 2. The number of hydrogen-bond acceptors (Lipinski definition) is 6. The molecule has 3 rings (SSSR count). The lowest BCUT2D eigenvalue weighted by molar-refractivity contribution is -0.142. The van der Waals surface area contributed by atoms with Gasteiger partial charge in [-0.2, -0.15) is 0 Å². The fraction of sp³-hybridized carbons (Fsp3) is 0.429. The SMILES string of the molecule is COC(=O)C1=C(C)NC(C)=C(C(=O)OC[C@H]2CCCO2)[C@H]1c1cccc(Br)c1. The molecule has 7 heteroatoms. The molecular formula is C21H24BrNO5. The summed E-state index contributed by atoms with van der Waals surface area (Å²) in [5, 5.41) is 3.13. The van der Waals surface area contributed by atoms with E-state index in [2.05, 4.69) is 21.2 Å². The van der Waals surface area contributed by atoms with E-state index in [1.807, 2.05) is 31.2 Å². The molecule has 150 valence electrons. The summed E-state index contributed by atoms with van der Waals surface area (Å²) >= 11 is 3.47. The smallest absolute Gasteiger partial charge is 0.336 e. The minimum Gasteiger partial charge on any atom is -0.466 e. The minimum atomic E-state index is -0.580. The summed E-state index contributed by atoms with van der Waals surface area (Å²) in [5.74, 6) is -1.52. The van der Waals surface area contributed by atoms with Gasteiger partial charge < -0.3 is 19.5 Å². The normalized spacial score (nSPS) is 22.1. The van der Waals surface area contributed by atoms with Crippen LogP contribution in [-0.2, 0) is 23.8 Å². The highest BCUT2D eigenvalue weighted by Gasteiger charge is 2.38. The third-order valence-electron chi connectivity index (χ3n) is 4.99. The van der Waals surface area contributed by atoms with Crippen molar-refractivity contribution in [3.05, 3.63) is 56.8 Å². The zero-order chi connectivity index (χ0) is 20.3. The molecule has 0 spiro atoms. The highest BCUT2D eigenvalue weighted by Crippen LogP contribution is 2.39. The largest absolute Gasteiger partial charge is 0.466 e. The predicted octanol–water partition coefficient (Wildman–Crippen LogP) is 3.58. The number of carbonyl (C=O) groups excluding carboxylic acids is 2. The minimum absolute atomic E-state index is 0.0666. The predicted molar refractivity (Wildman–Crippen MR) is 107 cm³/mol. The maximum Gasteiger partial charge on any atom is 0.336 e. The summed E-state index contributed by atoms with van der Waals surface area (Å²) in [5.41, 5.74) is 2.92. The van der Waals surface area contributed by atoms with Gasteiger partial charge in [0.2, 0.25) is 0 Å². The van der Waals surface area contributed by atoms with E-state index in [1.54, 1.807) is 6.92 Å². The van der Waals surface area contributed by atoms with E-state index in [-0.39, 0.29) is 12.7 Å². The number of hydrogen-bond donors (Lipinski definition) is 1. The second kappa shape index (κ2) is 8.92. The standard InChI is InChI=1S/C21H24BrNO5/c1-12-17(20(24)26-3)19(14-6-4-7-15(22)10-14)18(13(2)23-12)21(25)28-11-16-8-5-9-27-16/h4,6-7,10,16,19,23H,5,8-9,11H2,1-3H3/t16-,19+/m1/s1. The second-order valence-corrected chi connectivity index (χ2v) is 7.83. The van der Waals surface area contributed by atoms with Crippen LogP contribution in [0.1, 0.15) is 38.2 Å². The number of nitrogens with one attached hydrogen (secondary N) is 1. The summed E-state index contributed by atoms with van der Waals surface area (Å²) in [6.07, 6.45) is 1.79. The number of rotatable bonds is 5. The van der Waals surface area contributed by atoms with E-state index in [0.29, 0.717) is 29.1 Å². The maximum atomic E-state index is 13.0. The molecule has 1 aromatic rings. The van der Waals surface area contributed by atoms with Crippen LogP contribution < -0.4 is 5.32 Å². The maximum absolute atomic E-state index is 13.0. The van der Waals surface area contributed by atoms with Gasteiger partial charge in [-0.1, -0.05) is 28.1 Å². The van der Waals surface area contributed by atoms with Crippen LogP contribution >= 0.6 is 15.9 Å². The van der Waals surface area contributed by atoms with Crippen LogP contribution in [-0.4, -0.2) is 38.4 Å². The molecule has 2 atom stereocenters. The van der Waals surface area contributed by atoms with Crippen molar-refractivity contribution in [3.8, 4) is 0 Å². The van der Waals surface area contributed by atoms with Crippen molar-refractivity contribution < 1.29 is 23.8 Å². The molecule has 0 aliphatic carbocycles. The Morgan fingerprint density at radius 2 is 1.93 bits per heavy atom. The summed E-state index contributed by atoms with van der Waals surface area (Å²) in [7, 11) is 1.33. The molecule has 6 nitrogen and oxygen atoms in total. The molecule has 0 saturated carbocycles. The van der Waals surface area contributed by atoms with Gasteiger partial charge in [0.1, 0.15) is 6.61 Å². The highest BCUT2D eigenvalue weighted by atomic mass is 79.9. The molecule has 0 bridgehead atoms. The molecule has 0 aromatic heterocycles. The number of allylic oxidation sites excluding steroid dienone is 2. The van der Waals surface area contributed by atoms with Gasteiger partial charge in [-0.05, 0) is 44.4 Å². The fourth-order valence-corrected chi connectivity index (χ4v) is 4.10. The molecule has 1 fully saturated rings. The Hall–Kier alpha value is -2.12. The van der Waals surface area contributed by atoms with Crippen molar-refractivity contribution in [1.82, 2.24) is 5.32 Å². The monoisotopic (exact) mass is 449 g/mol. The first-order chi connectivity index (χ1) is 13.4. The number of benzene rings is 1. The first-order valence-corrected chi connectivity index (χ1v) is 10.0. The van der Waals surface area contributed by atoms with Crippen LogP contribution in [0.15, 0.2) is 51.3 Å². The van der Waals surface area contributed by atoms with Crippen LogP contribution in [0.3, 0.4) is 0 Å². The zero-order valence-corrected chi connectivity index (χ0v) is 17.8. The molecule has 2 aliphatic rings. The van der Waals surface area contributed by atoms with Gasteiger partial charge in [0.05, 0.1) is 30.3 Å². The lowest BCUT2D eigenvalue weighted by atomic mass is 9.80. The van der Waals surface area contributed by atoms with Gasteiger partial charge in [0.15, 0.2) is 0 Å². The Morgan fingerprint density at radius 1 is 1.21 bits per heavy atom.